The maximum atomic E-state index is 13.8. The van der Waals surface area contributed by atoms with Crippen LogP contribution in [-0.4, -0.2) is 73.3 Å². The number of nitrogens with zero attached hydrogens (tertiary/aromatic N) is 2. The minimum absolute atomic E-state index is 0.0694. The number of carbonyl (C=O) groups excluding carboxylic acids is 1. The van der Waals surface area contributed by atoms with Crippen LogP contribution < -0.4 is 23.8 Å². The molecule has 1 fully saturated rings. The molecule has 1 amide bonds. The Morgan fingerprint density at radius 1 is 0.972 bits per heavy atom. The van der Waals surface area contributed by atoms with Gasteiger partial charge in [-0.05, 0) is 69.2 Å². The van der Waals surface area contributed by atoms with Crippen LogP contribution in [0.3, 0.4) is 0 Å². The van der Waals surface area contributed by atoms with E-state index in [2.05, 4.69) is 10.2 Å². The van der Waals surface area contributed by atoms with Crippen molar-refractivity contribution in [3.8, 4) is 17.2 Å². The van der Waals surface area contributed by atoms with Crippen molar-refractivity contribution in [3.05, 3.63) is 41.4 Å². The van der Waals surface area contributed by atoms with Gasteiger partial charge in [0.15, 0.2) is 11.5 Å². The minimum Gasteiger partial charge on any atom is -0.495 e. The average Bonchev–Trinajstić information content (AvgIpc) is 2.89. The first-order valence-corrected chi connectivity index (χ1v) is 13.7. The molecule has 3 rings (SSSR count). The molecule has 1 heterocycles. The summed E-state index contributed by atoms with van der Waals surface area (Å²) in [6.07, 6.45) is 4.47. The number of likely N-dealkylation sites (tertiary alicyclic amines) is 1. The van der Waals surface area contributed by atoms with Crippen molar-refractivity contribution < 1.29 is 27.4 Å². The second kappa shape index (κ2) is 13.0. The van der Waals surface area contributed by atoms with E-state index in [-0.39, 0.29) is 22.1 Å². The largest absolute Gasteiger partial charge is 0.495 e. The van der Waals surface area contributed by atoms with Gasteiger partial charge in [0.25, 0.3) is 10.0 Å². The molecule has 1 aliphatic rings. The molecule has 0 unspecified atom stereocenters. The number of ether oxygens (including phenoxy) is 3. The SMILES string of the molecule is COc1ccc(S(=O)(=O)N(CC(=O)NCCCN2CCCCC2)c2cc(Cl)ccc2OC)cc1OC. The third-order valence-corrected chi connectivity index (χ3v) is 8.05. The van der Waals surface area contributed by atoms with Crippen LogP contribution >= 0.6 is 11.6 Å². The summed E-state index contributed by atoms with van der Waals surface area (Å²) in [5, 5.41) is 3.15. The number of sulfonamides is 1. The summed E-state index contributed by atoms with van der Waals surface area (Å²) in [6.45, 7) is 3.07. The molecule has 9 nitrogen and oxygen atoms in total. The Morgan fingerprint density at radius 2 is 1.64 bits per heavy atom. The van der Waals surface area contributed by atoms with Gasteiger partial charge >= 0.3 is 0 Å². The predicted octanol–water partition coefficient (Wildman–Crippen LogP) is 3.55. The lowest BCUT2D eigenvalue weighted by Gasteiger charge is -2.27. The first-order chi connectivity index (χ1) is 17.3. The third-order valence-electron chi connectivity index (χ3n) is 6.06. The van der Waals surface area contributed by atoms with E-state index < -0.39 is 22.5 Å². The number of halogens is 1. The number of hydrogen-bond donors (Lipinski definition) is 1. The van der Waals surface area contributed by atoms with E-state index in [1.807, 2.05) is 0 Å². The lowest BCUT2D eigenvalue weighted by molar-refractivity contribution is -0.119. The molecule has 36 heavy (non-hydrogen) atoms. The monoisotopic (exact) mass is 539 g/mol. The van der Waals surface area contributed by atoms with Gasteiger partial charge in [-0.2, -0.15) is 0 Å². The van der Waals surface area contributed by atoms with Crippen molar-refractivity contribution in [1.29, 1.82) is 0 Å². The molecule has 2 aromatic rings. The summed E-state index contributed by atoms with van der Waals surface area (Å²) in [7, 11) is 0.0945. The lowest BCUT2D eigenvalue weighted by Crippen LogP contribution is -2.42. The quantitative estimate of drug-likeness (QED) is 0.412. The lowest BCUT2D eigenvalue weighted by atomic mass is 10.1. The normalized spacial score (nSPS) is 14.2. The Balaban J connectivity index is 1.84. The first kappa shape index (κ1) is 27.9. The van der Waals surface area contributed by atoms with E-state index in [1.54, 1.807) is 12.1 Å². The van der Waals surface area contributed by atoms with Gasteiger partial charge in [-0.3, -0.25) is 9.10 Å². The van der Waals surface area contributed by atoms with Crippen LogP contribution in [0.5, 0.6) is 17.2 Å². The van der Waals surface area contributed by atoms with E-state index >= 15 is 0 Å². The molecule has 0 aromatic heterocycles. The average molecular weight is 540 g/mol. The molecule has 2 aromatic carbocycles. The zero-order valence-electron chi connectivity index (χ0n) is 21.0. The predicted molar refractivity (Wildman–Crippen MR) is 140 cm³/mol. The number of nitrogens with one attached hydrogen (secondary N) is 1. The molecule has 1 aliphatic heterocycles. The molecule has 198 valence electrons. The maximum absolute atomic E-state index is 13.8. The highest BCUT2D eigenvalue weighted by molar-refractivity contribution is 7.92. The minimum atomic E-state index is -4.21. The molecule has 0 bridgehead atoms. The van der Waals surface area contributed by atoms with Gasteiger partial charge < -0.3 is 24.4 Å². The molecule has 0 spiro atoms. The number of carbonyl (C=O) groups is 1. The van der Waals surface area contributed by atoms with Crippen molar-refractivity contribution in [2.45, 2.75) is 30.6 Å². The summed E-state index contributed by atoms with van der Waals surface area (Å²) in [6, 6.07) is 8.87. The summed E-state index contributed by atoms with van der Waals surface area (Å²) in [5.74, 6) is 0.467. The Labute approximate surface area is 218 Å². The van der Waals surface area contributed by atoms with Crippen LogP contribution in [0.15, 0.2) is 41.3 Å². The standard InChI is InChI=1S/C25H34ClN3O6S/c1-33-22-10-8-19(26)16-21(22)29(18-25(30)27-12-7-15-28-13-5-4-6-14-28)36(31,32)20-9-11-23(34-2)24(17-20)35-3/h8-11,16-17H,4-7,12-15,18H2,1-3H3,(H,27,30). The van der Waals surface area contributed by atoms with Crippen molar-refractivity contribution in [3.63, 3.8) is 0 Å². The zero-order chi connectivity index (χ0) is 26.1. The molecule has 0 radical (unpaired) electrons. The molecule has 1 saturated heterocycles. The summed E-state index contributed by atoms with van der Waals surface area (Å²) >= 11 is 6.20. The van der Waals surface area contributed by atoms with Gasteiger partial charge in [-0.15, -0.1) is 0 Å². The van der Waals surface area contributed by atoms with Crippen LogP contribution in [0.2, 0.25) is 5.02 Å². The summed E-state index contributed by atoms with van der Waals surface area (Å²) in [5.41, 5.74) is 0.156. The molecule has 11 heteroatoms. The number of benzene rings is 2. The van der Waals surface area contributed by atoms with Crippen LogP contribution in [0.1, 0.15) is 25.7 Å². The molecule has 0 aliphatic carbocycles. The number of piperidine rings is 1. The van der Waals surface area contributed by atoms with Crippen molar-refractivity contribution in [1.82, 2.24) is 10.2 Å². The highest BCUT2D eigenvalue weighted by Crippen LogP contribution is 2.36. The fourth-order valence-corrected chi connectivity index (χ4v) is 5.77. The Morgan fingerprint density at radius 3 is 2.31 bits per heavy atom. The van der Waals surface area contributed by atoms with E-state index in [9.17, 15) is 13.2 Å². The Bertz CT molecular complexity index is 1140. The number of rotatable bonds is 12. The van der Waals surface area contributed by atoms with Crippen LogP contribution in [0.4, 0.5) is 5.69 Å². The fraction of sp³-hybridized carbons (Fsp3) is 0.480. The highest BCUT2D eigenvalue weighted by atomic mass is 35.5. The number of methoxy groups -OCH3 is 3. The molecule has 0 atom stereocenters. The van der Waals surface area contributed by atoms with Crippen LogP contribution in [-0.2, 0) is 14.8 Å². The number of anilines is 1. The zero-order valence-corrected chi connectivity index (χ0v) is 22.5. The van der Waals surface area contributed by atoms with Gasteiger partial charge in [-0.25, -0.2) is 8.42 Å². The second-order valence-electron chi connectivity index (χ2n) is 8.45. The molecular formula is C25H34ClN3O6S. The molecular weight excluding hydrogens is 506 g/mol. The summed E-state index contributed by atoms with van der Waals surface area (Å²) in [4.78, 5) is 15.2. The Hall–Kier alpha value is -2.69. The van der Waals surface area contributed by atoms with Gasteiger partial charge in [-0.1, -0.05) is 18.0 Å². The molecule has 1 N–H and O–H groups in total. The van der Waals surface area contributed by atoms with Gasteiger partial charge in [0, 0.05) is 17.6 Å². The highest BCUT2D eigenvalue weighted by Gasteiger charge is 2.30. The maximum Gasteiger partial charge on any atom is 0.265 e. The van der Waals surface area contributed by atoms with E-state index in [1.165, 1.54) is 64.9 Å². The topological polar surface area (TPSA) is 97.4 Å². The van der Waals surface area contributed by atoms with Gasteiger partial charge in [0.1, 0.15) is 12.3 Å². The van der Waals surface area contributed by atoms with Crippen LogP contribution in [0, 0.1) is 0 Å². The van der Waals surface area contributed by atoms with E-state index in [4.69, 9.17) is 25.8 Å². The van der Waals surface area contributed by atoms with Crippen molar-refractivity contribution in [2.24, 2.45) is 0 Å². The second-order valence-corrected chi connectivity index (χ2v) is 10.7. The summed E-state index contributed by atoms with van der Waals surface area (Å²) < 4.78 is 44.5. The molecule has 0 saturated carbocycles. The number of amides is 1. The van der Waals surface area contributed by atoms with Gasteiger partial charge in [0.05, 0.1) is 31.9 Å². The van der Waals surface area contributed by atoms with E-state index in [0.29, 0.717) is 17.3 Å². The van der Waals surface area contributed by atoms with Gasteiger partial charge in [0.2, 0.25) is 5.91 Å². The first-order valence-electron chi connectivity index (χ1n) is 11.9. The van der Waals surface area contributed by atoms with Crippen molar-refractivity contribution >= 4 is 33.2 Å². The number of hydrogen-bond acceptors (Lipinski definition) is 7. The third kappa shape index (κ3) is 6.96. The van der Waals surface area contributed by atoms with Crippen molar-refractivity contribution in [2.75, 3.05) is 58.4 Å². The van der Waals surface area contributed by atoms with Crippen LogP contribution in [0.25, 0.3) is 0 Å². The fourth-order valence-electron chi connectivity index (χ4n) is 4.16. The van der Waals surface area contributed by atoms with E-state index in [0.717, 1.165) is 30.4 Å². The smallest absolute Gasteiger partial charge is 0.265 e. The Kier molecular flexibility index (Phi) is 10.1.